The number of halogens is 1. The number of aryl methyl sites for hydroxylation is 1. The monoisotopic (exact) mass is 287 g/mol. The fourth-order valence-electron chi connectivity index (χ4n) is 2.06. The largest absolute Gasteiger partial charge is 0.370 e. The lowest BCUT2D eigenvalue weighted by molar-refractivity contribution is 0.568. The van der Waals surface area contributed by atoms with E-state index in [1.807, 2.05) is 19.9 Å². The van der Waals surface area contributed by atoms with E-state index in [-0.39, 0.29) is 11.2 Å². The second-order valence-electron chi connectivity index (χ2n) is 6.20. The zero-order valence-corrected chi connectivity index (χ0v) is 13.3. The van der Waals surface area contributed by atoms with Crippen LogP contribution in [-0.4, -0.2) is 16.5 Å². The minimum absolute atomic E-state index is 0.0942. The molecule has 0 bridgehead atoms. The highest BCUT2D eigenvalue weighted by atomic mass is 19.1. The van der Waals surface area contributed by atoms with Gasteiger partial charge in [0, 0.05) is 23.6 Å². The molecule has 21 heavy (non-hydrogen) atoms. The molecule has 0 amide bonds. The number of anilines is 1. The Hall–Kier alpha value is -1.97. The van der Waals surface area contributed by atoms with Crippen LogP contribution in [0, 0.1) is 12.7 Å². The SMILES string of the molecule is CCNc1cc(C(C)(C)C)nc(-c2cc(F)ccc2C)n1. The van der Waals surface area contributed by atoms with E-state index in [1.165, 1.54) is 12.1 Å². The molecule has 4 heteroatoms. The third kappa shape index (κ3) is 3.57. The zero-order chi connectivity index (χ0) is 15.6. The minimum Gasteiger partial charge on any atom is -0.370 e. The molecule has 2 aromatic rings. The molecular weight excluding hydrogens is 265 g/mol. The minimum atomic E-state index is -0.273. The molecule has 1 aromatic carbocycles. The van der Waals surface area contributed by atoms with Gasteiger partial charge < -0.3 is 5.32 Å². The van der Waals surface area contributed by atoms with Gasteiger partial charge in [-0.15, -0.1) is 0 Å². The molecule has 2 rings (SSSR count). The number of hydrogen-bond acceptors (Lipinski definition) is 3. The maximum Gasteiger partial charge on any atom is 0.162 e. The number of hydrogen-bond donors (Lipinski definition) is 1. The van der Waals surface area contributed by atoms with Crippen LogP contribution in [0.2, 0.25) is 0 Å². The van der Waals surface area contributed by atoms with E-state index in [2.05, 4.69) is 36.1 Å². The predicted octanol–water partition coefficient (Wildman–Crippen LogP) is 4.32. The molecule has 3 nitrogen and oxygen atoms in total. The average molecular weight is 287 g/mol. The highest BCUT2D eigenvalue weighted by Crippen LogP contribution is 2.27. The molecule has 0 saturated carbocycles. The second kappa shape index (κ2) is 5.80. The van der Waals surface area contributed by atoms with E-state index >= 15 is 0 Å². The zero-order valence-electron chi connectivity index (χ0n) is 13.3. The normalized spacial score (nSPS) is 11.5. The van der Waals surface area contributed by atoms with Gasteiger partial charge in [0.2, 0.25) is 0 Å². The fraction of sp³-hybridized carbons (Fsp3) is 0.412. The predicted molar refractivity (Wildman–Crippen MR) is 85.0 cm³/mol. The van der Waals surface area contributed by atoms with Gasteiger partial charge in [0.25, 0.3) is 0 Å². The van der Waals surface area contributed by atoms with Gasteiger partial charge in [0.05, 0.1) is 5.69 Å². The molecule has 112 valence electrons. The van der Waals surface area contributed by atoms with Gasteiger partial charge in [-0.1, -0.05) is 26.8 Å². The number of rotatable bonds is 3. The fourth-order valence-corrected chi connectivity index (χ4v) is 2.06. The van der Waals surface area contributed by atoms with Crippen LogP contribution >= 0.6 is 0 Å². The lowest BCUT2D eigenvalue weighted by atomic mass is 9.91. The maximum atomic E-state index is 13.5. The number of nitrogens with zero attached hydrogens (tertiary/aromatic N) is 2. The smallest absolute Gasteiger partial charge is 0.162 e. The van der Waals surface area contributed by atoms with Crippen molar-refractivity contribution in [3.63, 3.8) is 0 Å². The number of aromatic nitrogens is 2. The average Bonchev–Trinajstić information content (AvgIpc) is 2.40. The molecule has 0 aliphatic rings. The van der Waals surface area contributed by atoms with Crippen LogP contribution in [0.1, 0.15) is 39.0 Å². The first-order valence-electron chi connectivity index (χ1n) is 7.21. The molecule has 0 spiro atoms. The summed E-state index contributed by atoms with van der Waals surface area (Å²) < 4.78 is 13.5. The van der Waals surface area contributed by atoms with E-state index in [9.17, 15) is 4.39 Å². The summed E-state index contributed by atoms with van der Waals surface area (Å²) >= 11 is 0. The lowest BCUT2D eigenvalue weighted by Gasteiger charge is -2.20. The van der Waals surface area contributed by atoms with Crippen molar-refractivity contribution in [3.05, 3.63) is 41.3 Å². The summed E-state index contributed by atoms with van der Waals surface area (Å²) in [5.74, 6) is 1.07. The lowest BCUT2D eigenvalue weighted by Crippen LogP contribution is -2.16. The molecule has 0 unspecified atom stereocenters. The van der Waals surface area contributed by atoms with E-state index in [4.69, 9.17) is 0 Å². The maximum absolute atomic E-state index is 13.5. The first-order valence-corrected chi connectivity index (χ1v) is 7.21. The van der Waals surface area contributed by atoms with Crippen molar-refractivity contribution in [1.29, 1.82) is 0 Å². The van der Waals surface area contributed by atoms with E-state index < -0.39 is 0 Å². The van der Waals surface area contributed by atoms with Gasteiger partial charge in [-0.2, -0.15) is 0 Å². The molecule has 0 saturated heterocycles. The summed E-state index contributed by atoms with van der Waals surface area (Å²) in [6.45, 7) is 11.1. The van der Waals surface area contributed by atoms with Crippen LogP contribution in [0.3, 0.4) is 0 Å². The van der Waals surface area contributed by atoms with Crippen molar-refractivity contribution in [2.24, 2.45) is 0 Å². The Kier molecular flexibility index (Phi) is 4.26. The van der Waals surface area contributed by atoms with Crippen LogP contribution in [0.25, 0.3) is 11.4 Å². The highest BCUT2D eigenvalue weighted by Gasteiger charge is 2.19. The highest BCUT2D eigenvalue weighted by molar-refractivity contribution is 5.62. The molecule has 0 aliphatic carbocycles. The summed E-state index contributed by atoms with van der Waals surface area (Å²) in [5.41, 5.74) is 2.54. The second-order valence-corrected chi connectivity index (χ2v) is 6.20. The van der Waals surface area contributed by atoms with Crippen molar-refractivity contribution in [2.45, 2.75) is 40.0 Å². The Bertz CT molecular complexity index is 645. The van der Waals surface area contributed by atoms with Crippen molar-refractivity contribution < 1.29 is 4.39 Å². The van der Waals surface area contributed by atoms with Crippen LogP contribution in [0.4, 0.5) is 10.2 Å². The van der Waals surface area contributed by atoms with E-state index in [1.54, 1.807) is 6.07 Å². The topological polar surface area (TPSA) is 37.8 Å². The molecule has 0 radical (unpaired) electrons. The standard InChI is InChI=1S/C17H22FN3/c1-6-19-15-10-14(17(3,4)5)20-16(21-15)13-9-12(18)8-7-11(13)2/h7-10H,6H2,1-5H3,(H,19,20,21). The first kappa shape index (κ1) is 15.4. The van der Waals surface area contributed by atoms with Crippen LogP contribution in [0.15, 0.2) is 24.3 Å². The molecule has 0 fully saturated rings. The van der Waals surface area contributed by atoms with Crippen molar-refractivity contribution >= 4 is 5.82 Å². The summed E-state index contributed by atoms with van der Waals surface area (Å²) in [4.78, 5) is 9.16. The van der Waals surface area contributed by atoms with Gasteiger partial charge in [0.15, 0.2) is 5.82 Å². The third-order valence-electron chi connectivity index (χ3n) is 3.29. The van der Waals surface area contributed by atoms with Gasteiger partial charge >= 0.3 is 0 Å². The van der Waals surface area contributed by atoms with Crippen LogP contribution < -0.4 is 5.32 Å². The molecule has 0 aliphatic heterocycles. The summed E-state index contributed by atoms with van der Waals surface area (Å²) in [6, 6.07) is 6.66. The number of nitrogens with one attached hydrogen (secondary N) is 1. The van der Waals surface area contributed by atoms with Crippen molar-refractivity contribution in [3.8, 4) is 11.4 Å². The Morgan fingerprint density at radius 1 is 1.14 bits per heavy atom. The van der Waals surface area contributed by atoms with Gasteiger partial charge in [-0.25, -0.2) is 14.4 Å². The third-order valence-corrected chi connectivity index (χ3v) is 3.29. The van der Waals surface area contributed by atoms with Gasteiger partial charge in [-0.3, -0.25) is 0 Å². The van der Waals surface area contributed by atoms with E-state index in [0.717, 1.165) is 29.2 Å². The molecule has 1 heterocycles. The summed E-state index contributed by atoms with van der Waals surface area (Å²) in [5, 5.41) is 3.22. The summed E-state index contributed by atoms with van der Waals surface area (Å²) in [7, 11) is 0. The van der Waals surface area contributed by atoms with Gasteiger partial charge in [-0.05, 0) is 31.5 Å². The Labute approximate surface area is 125 Å². The Balaban J connectivity index is 2.62. The Morgan fingerprint density at radius 2 is 1.86 bits per heavy atom. The van der Waals surface area contributed by atoms with E-state index in [0.29, 0.717) is 5.82 Å². The number of benzene rings is 1. The van der Waals surface area contributed by atoms with Gasteiger partial charge in [0.1, 0.15) is 11.6 Å². The van der Waals surface area contributed by atoms with Crippen LogP contribution in [0.5, 0.6) is 0 Å². The Morgan fingerprint density at radius 3 is 2.48 bits per heavy atom. The van der Waals surface area contributed by atoms with Crippen LogP contribution in [-0.2, 0) is 5.41 Å². The van der Waals surface area contributed by atoms with Crippen molar-refractivity contribution in [2.75, 3.05) is 11.9 Å². The van der Waals surface area contributed by atoms with Crippen molar-refractivity contribution in [1.82, 2.24) is 9.97 Å². The first-order chi connectivity index (χ1) is 9.81. The summed E-state index contributed by atoms with van der Waals surface area (Å²) in [6.07, 6.45) is 0. The molecular formula is C17H22FN3. The molecule has 1 N–H and O–H groups in total. The molecule has 1 aromatic heterocycles. The molecule has 0 atom stereocenters. The quantitative estimate of drug-likeness (QED) is 0.913.